The van der Waals surface area contributed by atoms with Gasteiger partial charge in [-0.15, -0.1) is 0 Å². The zero-order valence-electron chi connectivity index (χ0n) is 13.0. The summed E-state index contributed by atoms with van der Waals surface area (Å²) in [7, 11) is -0.938. The molecule has 21 heavy (non-hydrogen) atoms. The minimum atomic E-state index is -3.10. The van der Waals surface area contributed by atoms with Crippen molar-refractivity contribution in [3.63, 3.8) is 0 Å². The molecule has 2 rings (SSSR count). The molecule has 1 aliphatic rings. The molecule has 1 unspecified atom stereocenters. The fourth-order valence-electron chi connectivity index (χ4n) is 2.87. The molecular formula is C16H26N2O2S. The summed E-state index contributed by atoms with van der Waals surface area (Å²) in [5, 5.41) is 3.42. The Morgan fingerprint density at radius 1 is 1.29 bits per heavy atom. The van der Waals surface area contributed by atoms with Gasteiger partial charge in [0.1, 0.15) is 0 Å². The van der Waals surface area contributed by atoms with E-state index in [4.69, 9.17) is 0 Å². The molecule has 1 aromatic carbocycles. The molecular weight excluding hydrogens is 284 g/mol. The van der Waals surface area contributed by atoms with E-state index < -0.39 is 9.84 Å². The number of nitrogens with zero attached hydrogens (tertiary/aromatic N) is 1. The van der Waals surface area contributed by atoms with E-state index in [-0.39, 0.29) is 5.75 Å². The van der Waals surface area contributed by atoms with Gasteiger partial charge in [-0.25, -0.2) is 8.42 Å². The molecule has 1 aliphatic heterocycles. The maximum atomic E-state index is 12.0. The maximum Gasteiger partial charge on any atom is 0.178 e. The first kappa shape index (κ1) is 16.3. The highest BCUT2D eigenvalue weighted by molar-refractivity contribution is 7.91. The lowest BCUT2D eigenvalue weighted by Crippen LogP contribution is -2.35. The SMILES string of the molecule is CCCS(=O)(=O)c1ccc(NCC2CCCN(C)C2)cc1. The zero-order chi connectivity index (χ0) is 15.3. The van der Waals surface area contributed by atoms with Crippen LogP contribution in [0.25, 0.3) is 0 Å². The Hall–Kier alpha value is -1.07. The van der Waals surface area contributed by atoms with Crippen molar-refractivity contribution in [1.82, 2.24) is 4.90 Å². The Labute approximate surface area is 128 Å². The number of piperidine rings is 1. The van der Waals surface area contributed by atoms with Crippen LogP contribution >= 0.6 is 0 Å². The van der Waals surface area contributed by atoms with E-state index >= 15 is 0 Å². The molecule has 0 saturated carbocycles. The fraction of sp³-hybridized carbons (Fsp3) is 0.625. The summed E-state index contributed by atoms with van der Waals surface area (Å²) in [6.07, 6.45) is 3.18. The average Bonchev–Trinajstić information content (AvgIpc) is 2.46. The van der Waals surface area contributed by atoms with Crippen molar-refractivity contribution in [2.45, 2.75) is 31.1 Å². The lowest BCUT2D eigenvalue weighted by molar-refractivity contribution is 0.217. The second-order valence-electron chi connectivity index (χ2n) is 5.99. The number of sulfone groups is 1. The molecule has 0 aromatic heterocycles. The highest BCUT2D eigenvalue weighted by atomic mass is 32.2. The standard InChI is InChI=1S/C16H26N2O2S/c1-3-11-21(19,20)16-8-6-15(7-9-16)17-12-14-5-4-10-18(2)13-14/h6-9,14,17H,3-5,10-13H2,1-2H3. The van der Waals surface area contributed by atoms with Crippen molar-refractivity contribution in [3.8, 4) is 0 Å². The summed E-state index contributed by atoms with van der Waals surface area (Å²) in [6, 6.07) is 7.16. The van der Waals surface area contributed by atoms with Gasteiger partial charge in [-0.2, -0.15) is 0 Å². The first-order valence-electron chi connectivity index (χ1n) is 7.76. The Morgan fingerprint density at radius 3 is 2.62 bits per heavy atom. The van der Waals surface area contributed by atoms with Crippen LogP contribution in [-0.4, -0.2) is 45.8 Å². The van der Waals surface area contributed by atoms with Crippen LogP contribution in [0.1, 0.15) is 26.2 Å². The van der Waals surface area contributed by atoms with Gasteiger partial charge in [-0.05, 0) is 63.0 Å². The Morgan fingerprint density at radius 2 is 2.00 bits per heavy atom. The third-order valence-corrected chi connectivity index (χ3v) is 5.94. The minimum absolute atomic E-state index is 0.216. The van der Waals surface area contributed by atoms with Crippen molar-refractivity contribution in [2.75, 3.05) is 37.8 Å². The number of likely N-dealkylation sites (tertiary alicyclic amines) is 1. The van der Waals surface area contributed by atoms with Gasteiger partial charge in [0.25, 0.3) is 0 Å². The van der Waals surface area contributed by atoms with E-state index in [0.717, 1.165) is 18.8 Å². The monoisotopic (exact) mass is 310 g/mol. The first-order valence-corrected chi connectivity index (χ1v) is 9.41. The molecule has 0 radical (unpaired) electrons. The van der Waals surface area contributed by atoms with Crippen LogP contribution in [0.2, 0.25) is 0 Å². The van der Waals surface area contributed by atoms with E-state index in [2.05, 4.69) is 17.3 Å². The summed E-state index contributed by atoms with van der Waals surface area (Å²) in [5.74, 6) is 0.890. The number of benzene rings is 1. The van der Waals surface area contributed by atoms with E-state index in [1.165, 1.54) is 19.4 Å². The van der Waals surface area contributed by atoms with Crippen LogP contribution in [0, 0.1) is 5.92 Å². The number of hydrogen-bond acceptors (Lipinski definition) is 4. The Kier molecular flexibility index (Phi) is 5.65. The molecule has 118 valence electrons. The van der Waals surface area contributed by atoms with Gasteiger partial charge < -0.3 is 10.2 Å². The quantitative estimate of drug-likeness (QED) is 0.877. The van der Waals surface area contributed by atoms with Crippen LogP contribution in [-0.2, 0) is 9.84 Å². The fourth-order valence-corrected chi connectivity index (χ4v) is 4.19. The van der Waals surface area contributed by atoms with Crippen molar-refractivity contribution >= 4 is 15.5 Å². The topological polar surface area (TPSA) is 49.4 Å². The number of nitrogens with one attached hydrogen (secondary N) is 1. The van der Waals surface area contributed by atoms with Gasteiger partial charge in [0.2, 0.25) is 0 Å². The predicted octanol–water partition coefficient (Wildman–Crippen LogP) is 2.62. The number of anilines is 1. The normalized spacial score (nSPS) is 20.4. The van der Waals surface area contributed by atoms with Crippen molar-refractivity contribution in [3.05, 3.63) is 24.3 Å². The lowest BCUT2D eigenvalue weighted by atomic mass is 9.98. The molecule has 1 atom stereocenters. The van der Waals surface area contributed by atoms with Crippen molar-refractivity contribution < 1.29 is 8.42 Å². The molecule has 1 fully saturated rings. The number of hydrogen-bond donors (Lipinski definition) is 1. The van der Waals surface area contributed by atoms with Gasteiger partial charge in [0, 0.05) is 18.8 Å². The van der Waals surface area contributed by atoms with Gasteiger partial charge in [-0.1, -0.05) is 6.92 Å². The summed E-state index contributed by atoms with van der Waals surface area (Å²) in [4.78, 5) is 2.79. The molecule has 0 spiro atoms. The summed E-state index contributed by atoms with van der Waals surface area (Å²) in [5.41, 5.74) is 0.999. The van der Waals surface area contributed by atoms with Crippen LogP contribution < -0.4 is 5.32 Å². The van der Waals surface area contributed by atoms with E-state index in [1.54, 1.807) is 12.1 Å². The van der Waals surface area contributed by atoms with Gasteiger partial charge in [0.05, 0.1) is 10.6 Å². The largest absolute Gasteiger partial charge is 0.385 e. The molecule has 0 amide bonds. The molecule has 1 aromatic rings. The first-order chi connectivity index (χ1) is 10.0. The van der Waals surface area contributed by atoms with E-state index in [1.807, 2.05) is 19.1 Å². The van der Waals surface area contributed by atoms with Gasteiger partial charge >= 0.3 is 0 Å². The van der Waals surface area contributed by atoms with E-state index in [0.29, 0.717) is 17.2 Å². The maximum absolute atomic E-state index is 12.0. The van der Waals surface area contributed by atoms with Crippen LogP contribution in [0.4, 0.5) is 5.69 Å². The third-order valence-electron chi connectivity index (χ3n) is 4.00. The molecule has 0 bridgehead atoms. The smallest absolute Gasteiger partial charge is 0.178 e. The van der Waals surface area contributed by atoms with Gasteiger partial charge in [0.15, 0.2) is 9.84 Å². The van der Waals surface area contributed by atoms with Gasteiger partial charge in [-0.3, -0.25) is 0 Å². The lowest BCUT2D eigenvalue weighted by Gasteiger charge is -2.30. The summed E-state index contributed by atoms with van der Waals surface area (Å²) in [6.45, 7) is 5.16. The average molecular weight is 310 g/mol. The Balaban J connectivity index is 1.90. The van der Waals surface area contributed by atoms with Crippen LogP contribution in [0.5, 0.6) is 0 Å². The number of rotatable bonds is 6. The molecule has 1 N–H and O–H groups in total. The zero-order valence-corrected chi connectivity index (χ0v) is 13.8. The summed E-state index contributed by atoms with van der Waals surface area (Å²) >= 11 is 0. The third kappa shape index (κ3) is 4.71. The van der Waals surface area contributed by atoms with Crippen molar-refractivity contribution in [2.24, 2.45) is 5.92 Å². The molecule has 4 nitrogen and oxygen atoms in total. The molecule has 5 heteroatoms. The summed E-state index contributed by atoms with van der Waals surface area (Å²) < 4.78 is 23.9. The highest BCUT2D eigenvalue weighted by Gasteiger charge is 2.17. The minimum Gasteiger partial charge on any atom is -0.385 e. The van der Waals surface area contributed by atoms with E-state index in [9.17, 15) is 8.42 Å². The highest BCUT2D eigenvalue weighted by Crippen LogP contribution is 2.19. The Bertz CT molecular complexity index is 540. The van der Waals surface area contributed by atoms with Crippen LogP contribution in [0.3, 0.4) is 0 Å². The second-order valence-corrected chi connectivity index (χ2v) is 8.10. The molecule has 0 aliphatic carbocycles. The second kappa shape index (κ2) is 7.27. The predicted molar refractivity (Wildman–Crippen MR) is 87.5 cm³/mol. The van der Waals surface area contributed by atoms with Crippen LogP contribution in [0.15, 0.2) is 29.2 Å². The molecule has 1 heterocycles. The van der Waals surface area contributed by atoms with Crippen molar-refractivity contribution in [1.29, 1.82) is 0 Å². The molecule has 1 saturated heterocycles.